The van der Waals surface area contributed by atoms with E-state index in [0.717, 1.165) is 18.4 Å². The molecule has 0 fully saturated rings. The van der Waals surface area contributed by atoms with Crippen LogP contribution in [-0.2, 0) is 17.3 Å². The fraction of sp³-hybridized carbons (Fsp3) is 0.261. The van der Waals surface area contributed by atoms with Crippen LogP contribution in [0.3, 0.4) is 0 Å². The first-order chi connectivity index (χ1) is 15.9. The Labute approximate surface area is 191 Å². The molecule has 1 atom stereocenters. The summed E-state index contributed by atoms with van der Waals surface area (Å²) in [5, 5.41) is 3.47. The molecule has 4 rings (SSSR count). The number of hydrogen-bond donors (Lipinski definition) is 4. The van der Waals surface area contributed by atoms with Gasteiger partial charge in [-0.2, -0.15) is 9.97 Å². The molecule has 2 heterocycles. The van der Waals surface area contributed by atoms with Gasteiger partial charge in [0.05, 0.1) is 12.7 Å². The van der Waals surface area contributed by atoms with Gasteiger partial charge in [-0.05, 0) is 29.7 Å². The molecule has 1 unspecified atom stereocenters. The zero-order valence-corrected chi connectivity index (χ0v) is 19.3. The van der Waals surface area contributed by atoms with Crippen LogP contribution in [0.2, 0.25) is 0 Å². The molecule has 10 heteroatoms. The van der Waals surface area contributed by atoms with Gasteiger partial charge in [0.1, 0.15) is 5.52 Å². The van der Waals surface area contributed by atoms with Crippen LogP contribution >= 0.6 is 7.37 Å². The molecule has 0 bridgehead atoms. The van der Waals surface area contributed by atoms with Gasteiger partial charge in [0.2, 0.25) is 13.3 Å². The summed E-state index contributed by atoms with van der Waals surface area (Å²) < 4.78 is 14.5. The number of unbranched alkanes of at least 4 members (excludes halogenated alkanes) is 1. The number of imidazole rings is 1. The lowest BCUT2D eigenvalue weighted by molar-refractivity contribution is 0.488. The molecular formula is C23H27N6O3P. The molecule has 0 aliphatic heterocycles. The lowest BCUT2D eigenvalue weighted by Gasteiger charge is -2.13. The summed E-state index contributed by atoms with van der Waals surface area (Å²) in [6.07, 6.45) is 2.02. The van der Waals surface area contributed by atoms with Crippen molar-refractivity contribution in [1.29, 1.82) is 0 Å². The number of nitrogens with one attached hydrogen (secondary N) is 2. The lowest BCUT2D eigenvalue weighted by Crippen LogP contribution is -2.19. The minimum atomic E-state index is -3.63. The minimum Gasteiger partial charge on any atom is -0.382 e. The van der Waals surface area contributed by atoms with E-state index in [1.165, 1.54) is 4.57 Å². The standard InChI is InChI=1S/C23H27N6O3P/c1-2-3-12-25-22-27-20(24)19-21(28-22)29(23(30)26-19)14-17-10-7-11-18(13-17)33(31,32)15-16-8-5-4-6-9-16/h4-11,13H,2-3,12,14-15H2,1H3,(H,26,30)(H,31,32)(H3,24,25,27,28). The molecule has 0 aliphatic carbocycles. The number of nitrogens with two attached hydrogens (primary N) is 1. The Morgan fingerprint density at radius 3 is 2.64 bits per heavy atom. The van der Waals surface area contributed by atoms with Crippen LogP contribution in [0.25, 0.3) is 11.2 Å². The van der Waals surface area contributed by atoms with Crippen LogP contribution in [0.4, 0.5) is 11.8 Å². The fourth-order valence-corrected chi connectivity index (χ4v) is 5.21. The normalized spacial score (nSPS) is 13.2. The van der Waals surface area contributed by atoms with Gasteiger partial charge in [-0.3, -0.25) is 9.13 Å². The molecule has 0 spiro atoms. The van der Waals surface area contributed by atoms with Crippen molar-refractivity contribution < 1.29 is 9.46 Å². The van der Waals surface area contributed by atoms with Gasteiger partial charge in [0, 0.05) is 11.8 Å². The van der Waals surface area contributed by atoms with Gasteiger partial charge in [-0.1, -0.05) is 55.8 Å². The van der Waals surface area contributed by atoms with E-state index in [1.54, 1.807) is 18.2 Å². The second-order valence-corrected chi connectivity index (χ2v) is 10.2. The third-order valence-corrected chi connectivity index (χ3v) is 7.24. The Balaban J connectivity index is 1.64. The SMILES string of the molecule is CCCCNc1nc(N)c2[nH]c(=O)n(Cc3cccc(P(=O)(O)Cc4ccccc4)c3)c2n1. The van der Waals surface area contributed by atoms with E-state index in [9.17, 15) is 14.3 Å². The molecule has 0 saturated carbocycles. The quantitative estimate of drug-likeness (QED) is 0.220. The molecule has 5 N–H and O–H groups in total. The van der Waals surface area contributed by atoms with Gasteiger partial charge in [0.25, 0.3) is 0 Å². The number of nitrogens with zero attached hydrogens (tertiary/aromatic N) is 3. The van der Waals surface area contributed by atoms with E-state index in [4.69, 9.17) is 5.73 Å². The molecule has 0 aliphatic rings. The highest BCUT2D eigenvalue weighted by molar-refractivity contribution is 7.65. The van der Waals surface area contributed by atoms with E-state index in [2.05, 4.69) is 27.2 Å². The Bertz CT molecular complexity index is 1370. The number of hydrogen-bond acceptors (Lipinski definition) is 6. The summed E-state index contributed by atoms with van der Waals surface area (Å²) in [5.74, 6) is 0.545. The minimum absolute atomic E-state index is 0.0425. The van der Waals surface area contributed by atoms with Crippen LogP contribution in [0, 0.1) is 0 Å². The third kappa shape index (κ3) is 5.16. The van der Waals surface area contributed by atoms with E-state index in [-0.39, 0.29) is 24.2 Å². The van der Waals surface area contributed by atoms with Gasteiger partial charge < -0.3 is 20.9 Å². The van der Waals surface area contributed by atoms with Crippen molar-refractivity contribution in [2.75, 3.05) is 17.6 Å². The molecule has 4 aromatic rings. The Morgan fingerprint density at radius 1 is 1.12 bits per heavy atom. The van der Waals surface area contributed by atoms with Crippen LogP contribution in [0.5, 0.6) is 0 Å². The van der Waals surface area contributed by atoms with Crippen molar-refractivity contribution in [3.05, 3.63) is 76.2 Å². The van der Waals surface area contributed by atoms with Crippen LogP contribution in [-0.4, -0.2) is 31.0 Å². The van der Waals surface area contributed by atoms with Gasteiger partial charge >= 0.3 is 5.69 Å². The van der Waals surface area contributed by atoms with Crippen molar-refractivity contribution in [3.63, 3.8) is 0 Å². The zero-order valence-electron chi connectivity index (χ0n) is 18.4. The molecule has 0 amide bonds. The average molecular weight is 466 g/mol. The zero-order chi connectivity index (χ0) is 23.4. The Hall–Kier alpha value is -3.42. The number of aromatic amines is 1. The smallest absolute Gasteiger partial charge is 0.328 e. The molecule has 172 valence electrons. The highest BCUT2D eigenvalue weighted by atomic mass is 31.2. The van der Waals surface area contributed by atoms with E-state index < -0.39 is 7.37 Å². The topological polar surface area (TPSA) is 139 Å². The predicted molar refractivity (Wildman–Crippen MR) is 131 cm³/mol. The molecule has 9 nitrogen and oxygen atoms in total. The van der Waals surface area contributed by atoms with E-state index >= 15 is 0 Å². The number of H-pyrrole nitrogens is 1. The molecule has 2 aromatic carbocycles. The number of nitrogen functional groups attached to an aromatic ring is 1. The first-order valence-electron chi connectivity index (χ1n) is 10.8. The molecule has 0 saturated heterocycles. The molecular weight excluding hydrogens is 439 g/mol. The monoisotopic (exact) mass is 466 g/mol. The van der Waals surface area contributed by atoms with Crippen LogP contribution in [0.1, 0.15) is 30.9 Å². The summed E-state index contributed by atoms with van der Waals surface area (Å²) in [5.41, 5.74) is 7.92. The number of benzene rings is 2. The highest BCUT2D eigenvalue weighted by Gasteiger charge is 2.22. The largest absolute Gasteiger partial charge is 0.382 e. The van der Waals surface area contributed by atoms with Gasteiger partial charge in [-0.15, -0.1) is 0 Å². The maximum absolute atomic E-state index is 13.1. The second-order valence-electron chi connectivity index (χ2n) is 7.94. The van der Waals surface area contributed by atoms with E-state index in [0.29, 0.717) is 34.5 Å². The summed E-state index contributed by atoms with van der Waals surface area (Å²) in [7, 11) is -3.63. The molecule has 2 aromatic heterocycles. The van der Waals surface area contributed by atoms with Crippen LogP contribution in [0.15, 0.2) is 59.4 Å². The summed E-state index contributed by atoms with van der Waals surface area (Å²) >= 11 is 0. The number of anilines is 2. The maximum Gasteiger partial charge on any atom is 0.328 e. The van der Waals surface area contributed by atoms with Crippen LogP contribution < -0.4 is 22.0 Å². The first-order valence-corrected chi connectivity index (χ1v) is 12.7. The first kappa shape index (κ1) is 22.8. The van der Waals surface area contributed by atoms with Crippen molar-refractivity contribution >= 4 is 35.6 Å². The number of aromatic nitrogens is 4. The highest BCUT2D eigenvalue weighted by Crippen LogP contribution is 2.43. The molecule has 0 radical (unpaired) electrons. The predicted octanol–water partition coefficient (Wildman–Crippen LogP) is 3.06. The summed E-state index contributed by atoms with van der Waals surface area (Å²) in [6.45, 7) is 2.96. The fourth-order valence-electron chi connectivity index (χ4n) is 3.63. The van der Waals surface area contributed by atoms with Gasteiger partial charge in [-0.25, -0.2) is 4.79 Å². The average Bonchev–Trinajstić information content (AvgIpc) is 3.10. The number of rotatable bonds is 9. The van der Waals surface area contributed by atoms with Crippen molar-refractivity contribution in [1.82, 2.24) is 19.5 Å². The van der Waals surface area contributed by atoms with Crippen molar-refractivity contribution in [2.45, 2.75) is 32.5 Å². The molecule has 33 heavy (non-hydrogen) atoms. The lowest BCUT2D eigenvalue weighted by atomic mass is 10.2. The van der Waals surface area contributed by atoms with Gasteiger partial charge in [0.15, 0.2) is 11.5 Å². The van der Waals surface area contributed by atoms with Crippen molar-refractivity contribution in [2.24, 2.45) is 0 Å². The second kappa shape index (κ2) is 9.60. The Kier molecular flexibility index (Phi) is 6.62. The number of fused-ring (bicyclic) bond motifs is 1. The summed E-state index contributed by atoms with van der Waals surface area (Å²) in [4.78, 5) is 34.8. The van der Waals surface area contributed by atoms with E-state index in [1.807, 2.05) is 36.4 Å². The Morgan fingerprint density at radius 2 is 1.88 bits per heavy atom. The summed E-state index contributed by atoms with van der Waals surface area (Å²) in [6, 6.07) is 16.0. The maximum atomic E-state index is 13.1. The van der Waals surface area contributed by atoms with Crippen molar-refractivity contribution in [3.8, 4) is 0 Å². The third-order valence-electron chi connectivity index (χ3n) is 5.36.